The summed E-state index contributed by atoms with van der Waals surface area (Å²) in [6.07, 6.45) is 1.57. The van der Waals surface area contributed by atoms with Crippen LogP contribution < -0.4 is 10.6 Å². The first-order valence-electron chi connectivity index (χ1n) is 6.02. The van der Waals surface area contributed by atoms with Gasteiger partial charge in [-0.3, -0.25) is 0 Å². The molecule has 0 aliphatic rings. The second kappa shape index (κ2) is 6.86. The number of aromatic nitrogens is 2. The van der Waals surface area contributed by atoms with Crippen LogP contribution in [0.4, 0.5) is 16.2 Å². The molecule has 0 fully saturated rings. The maximum atomic E-state index is 13.6. The average molecular weight is 270 g/mol. The summed E-state index contributed by atoms with van der Waals surface area (Å²) in [5.74, 6) is -0.549. The minimum Gasteiger partial charge on any atom is -0.467 e. The Kier molecular flexibility index (Phi) is 5.47. The van der Waals surface area contributed by atoms with Gasteiger partial charge in [-0.25, -0.2) is 14.2 Å². The van der Waals surface area contributed by atoms with E-state index in [1.165, 1.54) is 7.11 Å². The van der Waals surface area contributed by atoms with Crippen LogP contribution in [0.2, 0.25) is 0 Å². The smallest absolute Gasteiger partial charge is 0.328 e. The molecule has 0 bridgehead atoms. The molecule has 1 heterocycles. The first-order chi connectivity index (χ1) is 8.97. The van der Waals surface area contributed by atoms with Gasteiger partial charge in [0.15, 0.2) is 11.6 Å². The molecule has 0 aliphatic heterocycles. The van der Waals surface area contributed by atoms with Crippen LogP contribution in [-0.2, 0) is 9.53 Å². The van der Waals surface area contributed by atoms with Crippen LogP contribution in [0.1, 0.15) is 20.3 Å². The van der Waals surface area contributed by atoms with Crippen molar-refractivity contribution in [2.75, 3.05) is 24.8 Å². The average Bonchev–Trinajstić information content (AvgIpc) is 2.38. The van der Waals surface area contributed by atoms with Crippen molar-refractivity contribution in [1.29, 1.82) is 0 Å². The molecule has 0 spiro atoms. The highest BCUT2D eigenvalue weighted by Gasteiger charge is 2.22. The first-order valence-corrected chi connectivity index (χ1v) is 6.02. The zero-order valence-electron chi connectivity index (χ0n) is 11.5. The number of ether oxygens (including phenoxy) is 1. The lowest BCUT2D eigenvalue weighted by molar-refractivity contribution is -0.141. The fraction of sp³-hybridized carbons (Fsp3) is 0.583. The van der Waals surface area contributed by atoms with E-state index in [0.717, 1.165) is 6.20 Å². The number of esters is 1. The van der Waals surface area contributed by atoms with Crippen molar-refractivity contribution in [1.82, 2.24) is 9.97 Å². The Hall–Kier alpha value is -1.92. The number of halogens is 1. The van der Waals surface area contributed by atoms with Crippen LogP contribution in [0.25, 0.3) is 0 Å². The molecule has 0 saturated carbocycles. The van der Waals surface area contributed by atoms with Crippen molar-refractivity contribution >= 4 is 17.7 Å². The van der Waals surface area contributed by atoms with Gasteiger partial charge in [-0.1, -0.05) is 13.8 Å². The third-order valence-corrected chi connectivity index (χ3v) is 2.47. The predicted molar refractivity (Wildman–Crippen MR) is 70.4 cm³/mol. The van der Waals surface area contributed by atoms with Crippen molar-refractivity contribution in [2.45, 2.75) is 26.3 Å². The van der Waals surface area contributed by atoms with Crippen LogP contribution in [0, 0.1) is 11.7 Å². The van der Waals surface area contributed by atoms with Gasteiger partial charge in [0.25, 0.3) is 0 Å². The normalized spacial score (nSPS) is 12.1. The number of hydrogen-bond acceptors (Lipinski definition) is 6. The molecule has 1 aromatic rings. The van der Waals surface area contributed by atoms with Crippen LogP contribution in [0.5, 0.6) is 0 Å². The van der Waals surface area contributed by atoms with Gasteiger partial charge in [-0.2, -0.15) is 4.98 Å². The predicted octanol–water partition coefficient (Wildman–Crippen LogP) is 1.66. The Morgan fingerprint density at radius 3 is 2.74 bits per heavy atom. The minimum absolute atomic E-state index is 0.0181. The molecule has 0 aromatic carbocycles. The number of hydrogen-bond donors (Lipinski definition) is 2. The lowest BCUT2D eigenvalue weighted by Gasteiger charge is -2.19. The molecular weight excluding hydrogens is 251 g/mol. The van der Waals surface area contributed by atoms with Gasteiger partial charge in [-0.15, -0.1) is 0 Å². The van der Waals surface area contributed by atoms with E-state index in [9.17, 15) is 9.18 Å². The monoisotopic (exact) mass is 270 g/mol. The van der Waals surface area contributed by atoms with Crippen molar-refractivity contribution in [3.63, 3.8) is 0 Å². The SMILES string of the molecule is CNc1ncc(F)c(NC(CC(C)C)C(=O)OC)n1. The molecule has 0 radical (unpaired) electrons. The Balaban J connectivity index is 2.91. The second-order valence-corrected chi connectivity index (χ2v) is 4.49. The van der Waals surface area contributed by atoms with Crippen LogP contribution in [0.3, 0.4) is 0 Å². The highest BCUT2D eigenvalue weighted by atomic mass is 19.1. The lowest BCUT2D eigenvalue weighted by atomic mass is 10.0. The molecule has 6 nitrogen and oxygen atoms in total. The molecule has 0 aliphatic carbocycles. The summed E-state index contributed by atoms with van der Waals surface area (Å²) in [4.78, 5) is 19.3. The van der Waals surface area contributed by atoms with Crippen molar-refractivity contribution in [3.05, 3.63) is 12.0 Å². The molecule has 7 heteroatoms. The summed E-state index contributed by atoms with van der Waals surface area (Å²) in [6, 6.07) is -0.640. The topological polar surface area (TPSA) is 76.1 Å². The summed E-state index contributed by atoms with van der Waals surface area (Å²) >= 11 is 0. The number of nitrogens with one attached hydrogen (secondary N) is 2. The van der Waals surface area contributed by atoms with Crippen LogP contribution in [0.15, 0.2) is 6.20 Å². The summed E-state index contributed by atoms with van der Waals surface area (Å²) < 4.78 is 18.3. The fourth-order valence-electron chi connectivity index (χ4n) is 1.58. The highest BCUT2D eigenvalue weighted by Crippen LogP contribution is 2.16. The van der Waals surface area contributed by atoms with E-state index in [1.54, 1.807) is 7.05 Å². The number of methoxy groups -OCH3 is 1. The third-order valence-electron chi connectivity index (χ3n) is 2.47. The molecule has 1 atom stereocenters. The summed E-state index contributed by atoms with van der Waals surface area (Å²) in [7, 11) is 2.93. The quantitative estimate of drug-likeness (QED) is 0.766. The van der Waals surface area contributed by atoms with E-state index in [2.05, 4.69) is 20.6 Å². The van der Waals surface area contributed by atoms with Gasteiger partial charge in [0.1, 0.15) is 6.04 Å². The van der Waals surface area contributed by atoms with Gasteiger partial charge < -0.3 is 15.4 Å². The zero-order chi connectivity index (χ0) is 14.4. The lowest BCUT2D eigenvalue weighted by Crippen LogP contribution is -2.33. The van der Waals surface area contributed by atoms with E-state index < -0.39 is 17.8 Å². The summed E-state index contributed by atoms with van der Waals surface area (Å²) in [5.41, 5.74) is 0. The Labute approximate surface area is 111 Å². The maximum Gasteiger partial charge on any atom is 0.328 e. The number of nitrogens with zero attached hydrogens (tertiary/aromatic N) is 2. The minimum atomic E-state index is -0.640. The van der Waals surface area contributed by atoms with Gasteiger partial charge >= 0.3 is 5.97 Å². The van der Waals surface area contributed by atoms with Crippen molar-refractivity contribution in [2.24, 2.45) is 5.92 Å². The van der Waals surface area contributed by atoms with E-state index in [1.807, 2.05) is 13.8 Å². The molecule has 0 saturated heterocycles. The Morgan fingerprint density at radius 1 is 1.53 bits per heavy atom. The van der Waals surface area contributed by atoms with Gasteiger partial charge in [0, 0.05) is 7.05 Å². The largest absolute Gasteiger partial charge is 0.467 e. The standard InChI is InChI=1S/C12H19FN4O2/c1-7(2)5-9(11(18)19-4)16-10-8(13)6-15-12(14-3)17-10/h6-7,9H,5H2,1-4H3,(H2,14,15,16,17). The maximum absolute atomic E-state index is 13.6. The zero-order valence-corrected chi connectivity index (χ0v) is 11.5. The molecular formula is C12H19FN4O2. The Bertz CT molecular complexity index is 440. The van der Waals surface area contributed by atoms with Gasteiger partial charge in [0.2, 0.25) is 5.95 Å². The first kappa shape index (κ1) is 15.1. The molecule has 2 N–H and O–H groups in total. The van der Waals surface area contributed by atoms with Gasteiger partial charge in [-0.05, 0) is 12.3 Å². The molecule has 1 rings (SSSR count). The number of rotatable bonds is 6. The highest BCUT2D eigenvalue weighted by molar-refractivity contribution is 5.78. The van der Waals surface area contributed by atoms with E-state index in [4.69, 9.17) is 4.74 Å². The number of anilines is 2. The molecule has 19 heavy (non-hydrogen) atoms. The van der Waals surface area contributed by atoms with Crippen molar-refractivity contribution in [3.8, 4) is 0 Å². The van der Waals surface area contributed by atoms with Crippen LogP contribution >= 0.6 is 0 Å². The molecule has 106 valence electrons. The van der Waals surface area contributed by atoms with Gasteiger partial charge in [0.05, 0.1) is 13.3 Å². The Morgan fingerprint density at radius 2 is 2.21 bits per heavy atom. The van der Waals surface area contributed by atoms with Crippen molar-refractivity contribution < 1.29 is 13.9 Å². The fourth-order valence-corrected chi connectivity index (χ4v) is 1.58. The molecule has 1 aromatic heterocycles. The van der Waals surface area contributed by atoms with E-state index in [-0.39, 0.29) is 17.7 Å². The van der Waals surface area contributed by atoms with E-state index >= 15 is 0 Å². The second-order valence-electron chi connectivity index (χ2n) is 4.49. The number of carbonyl (C=O) groups excluding carboxylic acids is 1. The third kappa shape index (κ3) is 4.35. The summed E-state index contributed by atoms with van der Waals surface area (Å²) in [5, 5.41) is 5.47. The van der Waals surface area contributed by atoms with Crippen LogP contribution in [-0.4, -0.2) is 36.1 Å². The summed E-state index contributed by atoms with van der Waals surface area (Å²) in [6.45, 7) is 3.93. The molecule has 1 unspecified atom stereocenters. The number of carbonyl (C=O) groups is 1. The molecule has 0 amide bonds. The van der Waals surface area contributed by atoms with E-state index in [0.29, 0.717) is 6.42 Å².